The fourth-order valence-corrected chi connectivity index (χ4v) is 5.12. The molecule has 2 amide bonds. The molecule has 0 spiro atoms. The molecule has 2 aliphatic carbocycles. The van der Waals surface area contributed by atoms with Gasteiger partial charge < -0.3 is 25.2 Å². The van der Waals surface area contributed by atoms with Gasteiger partial charge in [0, 0.05) is 11.8 Å². The molecule has 3 aliphatic rings. The van der Waals surface area contributed by atoms with Crippen LogP contribution in [0.1, 0.15) is 29.9 Å². The van der Waals surface area contributed by atoms with Crippen LogP contribution in [0.4, 0.5) is 4.79 Å². The third-order valence-corrected chi connectivity index (χ3v) is 6.94. The summed E-state index contributed by atoms with van der Waals surface area (Å²) in [5, 5.41) is 21.7. The zero-order valence-corrected chi connectivity index (χ0v) is 18.5. The maximum Gasteiger partial charge on any atom is 0.407 e. The van der Waals surface area contributed by atoms with E-state index >= 15 is 0 Å². The number of carboxylic acids is 1. The van der Waals surface area contributed by atoms with Crippen LogP contribution < -0.4 is 5.32 Å². The quantitative estimate of drug-likeness (QED) is 0.588. The van der Waals surface area contributed by atoms with Crippen LogP contribution in [0.25, 0.3) is 11.1 Å². The molecule has 1 heterocycles. The van der Waals surface area contributed by atoms with Gasteiger partial charge in [-0.05, 0) is 35.1 Å². The van der Waals surface area contributed by atoms with Gasteiger partial charge in [-0.1, -0.05) is 60.7 Å². The van der Waals surface area contributed by atoms with Crippen molar-refractivity contribution in [2.45, 2.75) is 30.4 Å². The Balaban J connectivity index is 1.16. The summed E-state index contributed by atoms with van der Waals surface area (Å²) < 4.78 is 5.59. The third kappa shape index (κ3) is 3.94. The minimum absolute atomic E-state index is 0.0335. The molecule has 0 unspecified atom stereocenters. The monoisotopic (exact) mass is 462 g/mol. The topological polar surface area (TPSA) is 116 Å². The van der Waals surface area contributed by atoms with E-state index in [2.05, 4.69) is 29.6 Å². The van der Waals surface area contributed by atoms with Gasteiger partial charge in [-0.2, -0.15) is 0 Å². The maximum absolute atomic E-state index is 12.7. The number of carboxylic acid groups (broad SMARTS) is 1. The van der Waals surface area contributed by atoms with Gasteiger partial charge in [0.25, 0.3) is 0 Å². The van der Waals surface area contributed by atoms with Crippen molar-refractivity contribution in [2.24, 2.45) is 5.92 Å². The Hall–Kier alpha value is -3.65. The zero-order chi connectivity index (χ0) is 23.9. The van der Waals surface area contributed by atoms with E-state index in [1.807, 2.05) is 36.4 Å². The van der Waals surface area contributed by atoms with Crippen LogP contribution in [0.3, 0.4) is 0 Å². The van der Waals surface area contributed by atoms with Crippen LogP contribution in [0.2, 0.25) is 0 Å². The van der Waals surface area contributed by atoms with E-state index in [9.17, 15) is 19.5 Å². The number of likely N-dealkylation sites (tertiary alicyclic amines) is 1. The molecule has 8 heteroatoms. The lowest BCUT2D eigenvalue weighted by Crippen LogP contribution is -2.68. The van der Waals surface area contributed by atoms with Crippen molar-refractivity contribution >= 4 is 18.0 Å². The van der Waals surface area contributed by atoms with E-state index in [0.29, 0.717) is 12.8 Å². The molecule has 2 aromatic carbocycles. The Labute approximate surface area is 196 Å². The molecule has 5 rings (SSSR count). The van der Waals surface area contributed by atoms with Crippen molar-refractivity contribution in [1.29, 1.82) is 0 Å². The number of carbonyl (C=O) groups is 3. The second kappa shape index (κ2) is 8.61. The fraction of sp³-hybridized carbons (Fsp3) is 0.346. The number of aliphatic hydroxyl groups is 1. The highest BCUT2D eigenvalue weighted by molar-refractivity contribution is 5.86. The number of rotatable bonds is 5. The molecule has 1 saturated heterocycles. The average Bonchev–Trinajstić information content (AvgIpc) is 3.14. The number of allylic oxidation sites excluding steroid dienone is 1. The molecule has 0 radical (unpaired) electrons. The number of aliphatic carboxylic acids is 1. The molecule has 34 heavy (non-hydrogen) atoms. The molecule has 8 nitrogen and oxygen atoms in total. The summed E-state index contributed by atoms with van der Waals surface area (Å²) in [7, 11) is 0. The van der Waals surface area contributed by atoms with Gasteiger partial charge in [0.2, 0.25) is 5.91 Å². The minimum atomic E-state index is -1.86. The van der Waals surface area contributed by atoms with Crippen molar-refractivity contribution < 1.29 is 29.3 Å². The highest BCUT2D eigenvalue weighted by Crippen LogP contribution is 2.44. The Morgan fingerprint density at radius 3 is 2.26 bits per heavy atom. The van der Waals surface area contributed by atoms with Crippen LogP contribution >= 0.6 is 0 Å². The summed E-state index contributed by atoms with van der Waals surface area (Å²) in [4.78, 5) is 37.7. The smallest absolute Gasteiger partial charge is 0.407 e. The second-order valence-corrected chi connectivity index (χ2v) is 9.20. The van der Waals surface area contributed by atoms with Crippen molar-refractivity contribution in [1.82, 2.24) is 10.2 Å². The number of fused-ring (bicyclic) bond motifs is 3. The summed E-state index contributed by atoms with van der Waals surface area (Å²) in [5.74, 6) is -1.96. The molecule has 1 fully saturated rings. The number of amides is 2. The number of nitrogens with zero attached hydrogens (tertiary/aromatic N) is 1. The number of ether oxygens (including phenoxy) is 1. The fourth-order valence-electron chi connectivity index (χ4n) is 5.12. The summed E-state index contributed by atoms with van der Waals surface area (Å²) in [5.41, 5.74) is 2.72. The lowest BCUT2D eigenvalue weighted by molar-refractivity contribution is -0.183. The van der Waals surface area contributed by atoms with Gasteiger partial charge in [-0.15, -0.1) is 0 Å². The maximum atomic E-state index is 12.7. The lowest BCUT2D eigenvalue weighted by Gasteiger charge is -2.45. The Bertz CT molecular complexity index is 1120. The largest absolute Gasteiger partial charge is 0.479 e. The van der Waals surface area contributed by atoms with Gasteiger partial charge in [0.1, 0.15) is 6.61 Å². The average molecular weight is 463 g/mol. The van der Waals surface area contributed by atoms with Crippen molar-refractivity contribution in [3.05, 3.63) is 71.8 Å². The highest BCUT2D eigenvalue weighted by Gasteiger charge is 2.51. The molecule has 176 valence electrons. The van der Waals surface area contributed by atoms with Crippen molar-refractivity contribution in [2.75, 3.05) is 19.7 Å². The van der Waals surface area contributed by atoms with E-state index in [1.165, 1.54) is 4.90 Å². The number of hydrogen-bond acceptors (Lipinski definition) is 5. The number of carbonyl (C=O) groups excluding carboxylic acids is 2. The first-order valence-electron chi connectivity index (χ1n) is 11.4. The van der Waals surface area contributed by atoms with Gasteiger partial charge in [-0.3, -0.25) is 4.79 Å². The van der Waals surface area contributed by atoms with Crippen molar-refractivity contribution in [3.8, 4) is 11.1 Å². The number of nitrogens with one attached hydrogen (secondary N) is 1. The lowest BCUT2D eigenvalue weighted by atomic mass is 9.86. The highest BCUT2D eigenvalue weighted by atomic mass is 16.5. The molecule has 1 aliphatic heterocycles. The number of benzene rings is 2. The minimum Gasteiger partial charge on any atom is -0.479 e. The van der Waals surface area contributed by atoms with Gasteiger partial charge >= 0.3 is 12.1 Å². The van der Waals surface area contributed by atoms with Gasteiger partial charge in [-0.25, -0.2) is 9.59 Å². The molecule has 2 aromatic rings. The normalized spacial score (nSPS) is 22.3. The van der Waals surface area contributed by atoms with Crippen LogP contribution in [0.5, 0.6) is 0 Å². The van der Waals surface area contributed by atoms with E-state index < -0.39 is 17.7 Å². The number of β-amino-alcohol motifs (C(OH)–C–C–N with tert-alkyl or cyclic N) is 1. The first kappa shape index (κ1) is 22.2. The molecular formula is C26H26N2O6. The summed E-state index contributed by atoms with van der Waals surface area (Å²) in [6, 6.07) is 15.9. The summed E-state index contributed by atoms with van der Waals surface area (Å²) >= 11 is 0. The van der Waals surface area contributed by atoms with Crippen LogP contribution in [0.15, 0.2) is 60.7 Å². The molecule has 2 atom stereocenters. The second-order valence-electron chi connectivity index (χ2n) is 9.20. The van der Waals surface area contributed by atoms with E-state index in [-0.39, 0.29) is 43.5 Å². The predicted molar refractivity (Wildman–Crippen MR) is 123 cm³/mol. The number of hydrogen-bond donors (Lipinski definition) is 3. The van der Waals surface area contributed by atoms with Crippen LogP contribution in [0, 0.1) is 5.92 Å². The van der Waals surface area contributed by atoms with Crippen molar-refractivity contribution in [3.63, 3.8) is 0 Å². The predicted octanol–water partition coefficient (Wildman–Crippen LogP) is 2.52. The molecule has 0 bridgehead atoms. The molecule has 3 N–H and O–H groups in total. The SMILES string of the molecule is O=C(N[C@@H]1C=CC[C@@H](C(=O)N2CC(O)(C(=O)O)C2)C1)OCC1c2ccccc2-c2ccccc21. The Morgan fingerprint density at radius 1 is 1.03 bits per heavy atom. The standard InChI is InChI=1S/C26H26N2O6/c29-23(28-14-26(33,15-28)24(30)31)16-6-5-7-17(12-16)27-25(32)34-13-22-20-10-3-1-8-18(20)19-9-2-4-11-21(19)22/h1-5,7-11,16-17,22,33H,6,12-15H2,(H,27,32)(H,30,31)/t16-,17-/m1/s1. The molecule has 0 aromatic heterocycles. The van der Waals surface area contributed by atoms with Crippen LogP contribution in [-0.2, 0) is 14.3 Å². The third-order valence-electron chi connectivity index (χ3n) is 6.94. The summed E-state index contributed by atoms with van der Waals surface area (Å²) in [6.07, 6.45) is 4.03. The van der Waals surface area contributed by atoms with Crippen LogP contribution in [-0.4, -0.2) is 64.4 Å². The first-order valence-corrected chi connectivity index (χ1v) is 11.4. The number of alkyl carbamates (subject to hydrolysis) is 1. The van der Waals surface area contributed by atoms with Gasteiger partial charge in [0.05, 0.1) is 19.1 Å². The summed E-state index contributed by atoms with van der Waals surface area (Å²) in [6.45, 7) is -0.224. The van der Waals surface area contributed by atoms with E-state index in [4.69, 9.17) is 9.84 Å². The van der Waals surface area contributed by atoms with E-state index in [1.54, 1.807) is 0 Å². The Kier molecular flexibility index (Phi) is 5.61. The zero-order valence-electron chi connectivity index (χ0n) is 18.5. The molecule has 0 saturated carbocycles. The van der Waals surface area contributed by atoms with E-state index in [0.717, 1.165) is 22.3 Å². The first-order chi connectivity index (χ1) is 16.4. The molecular weight excluding hydrogens is 436 g/mol. The Morgan fingerprint density at radius 2 is 1.65 bits per heavy atom. The van der Waals surface area contributed by atoms with Gasteiger partial charge in [0.15, 0.2) is 5.60 Å².